The zero-order chi connectivity index (χ0) is 20.9. The van der Waals surface area contributed by atoms with E-state index in [4.69, 9.17) is 9.47 Å². The zero-order valence-corrected chi connectivity index (χ0v) is 17.9. The van der Waals surface area contributed by atoms with Crippen molar-refractivity contribution in [2.24, 2.45) is 0 Å². The van der Waals surface area contributed by atoms with Gasteiger partial charge >= 0.3 is 0 Å². The van der Waals surface area contributed by atoms with Crippen LogP contribution in [0.1, 0.15) is 15.9 Å². The molecule has 2 heterocycles. The Balaban J connectivity index is 1.27. The number of hydrogen-bond acceptors (Lipinski definition) is 4. The fourth-order valence-electron chi connectivity index (χ4n) is 3.33. The summed E-state index contributed by atoms with van der Waals surface area (Å²) >= 11 is 3.37. The fourth-order valence-corrected chi connectivity index (χ4v) is 3.60. The minimum absolute atomic E-state index is 0.00296. The molecule has 2 aromatic rings. The third-order valence-electron chi connectivity index (χ3n) is 5.00. The van der Waals surface area contributed by atoms with Gasteiger partial charge in [-0.15, -0.1) is 0 Å². The van der Waals surface area contributed by atoms with E-state index in [0.717, 1.165) is 21.5 Å². The van der Waals surface area contributed by atoms with Gasteiger partial charge in [-0.05, 0) is 42.0 Å². The Morgan fingerprint density at radius 3 is 2.33 bits per heavy atom. The summed E-state index contributed by atoms with van der Waals surface area (Å²) in [6.45, 7) is 2.36. The smallest absolute Gasteiger partial charge is 0.253 e. The maximum absolute atomic E-state index is 12.6. The lowest BCUT2D eigenvalue weighted by Crippen LogP contribution is -2.50. The quantitative estimate of drug-likeness (QED) is 0.506. The molecule has 0 spiro atoms. The van der Waals surface area contributed by atoms with Gasteiger partial charge in [0.15, 0.2) is 11.5 Å². The maximum Gasteiger partial charge on any atom is 0.253 e. The summed E-state index contributed by atoms with van der Waals surface area (Å²) in [5, 5.41) is 0. The van der Waals surface area contributed by atoms with E-state index in [1.165, 1.54) is 0 Å². The molecule has 0 saturated carbocycles. The molecule has 1 fully saturated rings. The standard InChI is InChI=1S/C23H21BrN2O4/c24-19-8-6-18(7-9-19)23(28)26-13-11-25(12-14-26)22(27)4-2-1-3-17-5-10-20-21(15-17)30-16-29-20/h1-10,15H,11-14,16H2/b3-1+,4-2+. The Bertz CT molecular complexity index is 993. The van der Waals surface area contributed by atoms with Crippen LogP contribution in [0.4, 0.5) is 0 Å². The van der Waals surface area contributed by atoms with Crippen LogP contribution < -0.4 is 9.47 Å². The minimum atomic E-state index is -0.0546. The van der Waals surface area contributed by atoms with Crippen molar-refractivity contribution in [3.8, 4) is 11.5 Å². The molecule has 154 valence electrons. The molecule has 4 rings (SSSR count). The number of piperazine rings is 1. The van der Waals surface area contributed by atoms with Crippen LogP contribution in [0.15, 0.2) is 65.2 Å². The molecule has 2 amide bonds. The van der Waals surface area contributed by atoms with E-state index in [0.29, 0.717) is 31.7 Å². The molecule has 0 N–H and O–H groups in total. The van der Waals surface area contributed by atoms with E-state index in [9.17, 15) is 9.59 Å². The Kier molecular flexibility index (Phi) is 6.18. The number of benzene rings is 2. The lowest BCUT2D eigenvalue weighted by Gasteiger charge is -2.34. The summed E-state index contributed by atoms with van der Waals surface area (Å²) in [4.78, 5) is 28.5. The van der Waals surface area contributed by atoms with Gasteiger partial charge in [0.25, 0.3) is 5.91 Å². The summed E-state index contributed by atoms with van der Waals surface area (Å²) in [6, 6.07) is 13.0. The monoisotopic (exact) mass is 468 g/mol. The number of allylic oxidation sites excluding steroid dienone is 2. The second kappa shape index (κ2) is 9.17. The van der Waals surface area contributed by atoms with E-state index >= 15 is 0 Å². The van der Waals surface area contributed by atoms with Gasteiger partial charge in [0.2, 0.25) is 12.7 Å². The molecule has 2 aliphatic rings. The number of amides is 2. The summed E-state index contributed by atoms with van der Waals surface area (Å²) in [5.74, 6) is 1.42. The molecule has 30 heavy (non-hydrogen) atoms. The van der Waals surface area contributed by atoms with Crippen LogP contribution in [0.5, 0.6) is 11.5 Å². The van der Waals surface area contributed by atoms with Crippen molar-refractivity contribution in [1.82, 2.24) is 9.80 Å². The Morgan fingerprint density at radius 2 is 1.57 bits per heavy atom. The Labute approximate surface area is 183 Å². The predicted octanol–water partition coefficient (Wildman–Crippen LogP) is 3.73. The summed E-state index contributed by atoms with van der Waals surface area (Å²) < 4.78 is 11.6. The number of hydrogen-bond donors (Lipinski definition) is 0. The molecule has 2 aromatic carbocycles. The van der Waals surface area contributed by atoms with Gasteiger partial charge in [-0.1, -0.05) is 40.2 Å². The van der Waals surface area contributed by atoms with Crippen molar-refractivity contribution in [2.45, 2.75) is 0 Å². The van der Waals surface area contributed by atoms with Gasteiger partial charge < -0.3 is 19.3 Å². The highest BCUT2D eigenvalue weighted by molar-refractivity contribution is 9.10. The topological polar surface area (TPSA) is 59.1 Å². The van der Waals surface area contributed by atoms with Crippen molar-refractivity contribution >= 4 is 33.8 Å². The normalized spacial score (nSPS) is 15.9. The Hall–Kier alpha value is -3.06. The molecular formula is C23H21BrN2O4. The molecule has 7 heteroatoms. The third-order valence-corrected chi connectivity index (χ3v) is 5.53. The van der Waals surface area contributed by atoms with Crippen LogP contribution in [0.3, 0.4) is 0 Å². The first-order valence-electron chi connectivity index (χ1n) is 9.68. The van der Waals surface area contributed by atoms with Crippen LogP contribution in [0, 0.1) is 0 Å². The minimum Gasteiger partial charge on any atom is -0.454 e. The van der Waals surface area contributed by atoms with Gasteiger partial charge in [0.05, 0.1) is 0 Å². The fraction of sp³-hybridized carbons (Fsp3) is 0.217. The summed E-state index contributed by atoms with van der Waals surface area (Å²) in [7, 11) is 0. The molecule has 0 unspecified atom stereocenters. The number of halogens is 1. The van der Waals surface area contributed by atoms with Crippen molar-refractivity contribution in [3.63, 3.8) is 0 Å². The number of ether oxygens (including phenoxy) is 2. The van der Waals surface area contributed by atoms with Crippen LogP contribution in [-0.4, -0.2) is 54.6 Å². The second-order valence-corrected chi connectivity index (χ2v) is 7.87. The van der Waals surface area contributed by atoms with Crippen LogP contribution in [0.2, 0.25) is 0 Å². The average molecular weight is 469 g/mol. The molecule has 6 nitrogen and oxygen atoms in total. The van der Waals surface area contributed by atoms with Crippen LogP contribution in [-0.2, 0) is 4.79 Å². The number of rotatable bonds is 4. The molecule has 0 atom stereocenters. The summed E-state index contributed by atoms with van der Waals surface area (Å²) in [6.07, 6.45) is 7.01. The highest BCUT2D eigenvalue weighted by atomic mass is 79.9. The largest absolute Gasteiger partial charge is 0.454 e. The molecule has 0 aliphatic carbocycles. The average Bonchev–Trinajstić information content (AvgIpc) is 3.25. The number of carbonyl (C=O) groups is 2. The first-order valence-corrected chi connectivity index (χ1v) is 10.5. The van der Waals surface area contributed by atoms with Crippen molar-refractivity contribution in [1.29, 1.82) is 0 Å². The third kappa shape index (κ3) is 4.74. The molecule has 0 bridgehead atoms. The highest BCUT2D eigenvalue weighted by Gasteiger charge is 2.23. The van der Waals surface area contributed by atoms with Gasteiger partial charge in [-0.25, -0.2) is 0 Å². The van der Waals surface area contributed by atoms with Gasteiger partial charge in [-0.2, -0.15) is 0 Å². The molecule has 0 radical (unpaired) electrons. The first-order chi connectivity index (χ1) is 14.6. The van der Waals surface area contributed by atoms with Gasteiger partial charge in [0.1, 0.15) is 0 Å². The maximum atomic E-state index is 12.6. The van der Waals surface area contributed by atoms with Gasteiger partial charge in [0, 0.05) is 42.3 Å². The first kappa shape index (κ1) is 20.2. The van der Waals surface area contributed by atoms with E-state index in [2.05, 4.69) is 15.9 Å². The van der Waals surface area contributed by atoms with Crippen LogP contribution >= 0.6 is 15.9 Å². The highest BCUT2D eigenvalue weighted by Crippen LogP contribution is 2.32. The van der Waals surface area contributed by atoms with Gasteiger partial charge in [-0.3, -0.25) is 9.59 Å². The van der Waals surface area contributed by atoms with Crippen molar-refractivity contribution in [2.75, 3.05) is 33.0 Å². The molecule has 1 saturated heterocycles. The van der Waals surface area contributed by atoms with E-state index in [1.807, 2.05) is 42.5 Å². The number of nitrogens with zero attached hydrogens (tertiary/aromatic N) is 2. The lowest BCUT2D eigenvalue weighted by atomic mass is 10.2. The lowest BCUT2D eigenvalue weighted by molar-refractivity contribution is -0.127. The second-order valence-electron chi connectivity index (χ2n) is 6.96. The zero-order valence-electron chi connectivity index (χ0n) is 16.3. The SMILES string of the molecule is O=C(/C=C/C=C/c1ccc2c(c1)OCO2)N1CCN(C(=O)c2ccc(Br)cc2)CC1. The van der Waals surface area contributed by atoms with E-state index in [1.54, 1.807) is 34.1 Å². The predicted molar refractivity (Wildman–Crippen MR) is 117 cm³/mol. The van der Waals surface area contributed by atoms with E-state index in [-0.39, 0.29) is 18.6 Å². The number of carbonyl (C=O) groups excluding carboxylic acids is 2. The molecule has 0 aromatic heterocycles. The van der Waals surface area contributed by atoms with Crippen molar-refractivity contribution in [3.05, 3.63) is 76.3 Å². The van der Waals surface area contributed by atoms with Crippen molar-refractivity contribution < 1.29 is 19.1 Å². The summed E-state index contributed by atoms with van der Waals surface area (Å²) in [5.41, 5.74) is 1.63. The number of fused-ring (bicyclic) bond motifs is 1. The van der Waals surface area contributed by atoms with E-state index < -0.39 is 0 Å². The van der Waals surface area contributed by atoms with Crippen LogP contribution in [0.25, 0.3) is 6.08 Å². The molecular weight excluding hydrogens is 448 g/mol. The molecule has 2 aliphatic heterocycles. The Morgan fingerprint density at radius 1 is 0.867 bits per heavy atom.